The van der Waals surface area contributed by atoms with Crippen LogP contribution >= 0.6 is 0 Å². The van der Waals surface area contributed by atoms with E-state index in [1.807, 2.05) is 4.90 Å². The lowest BCUT2D eigenvalue weighted by Gasteiger charge is -2.27. The van der Waals surface area contributed by atoms with Gasteiger partial charge in [-0.3, -0.25) is 10.1 Å². The number of nitrogens with two attached hydrogens (primary N) is 1. The highest BCUT2D eigenvalue weighted by molar-refractivity contribution is 5.72. The van der Waals surface area contributed by atoms with Gasteiger partial charge in [0.25, 0.3) is 0 Å². The smallest absolute Gasteiger partial charge is 0.353 e. The maximum atomic E-state index is 13.3. The van der Waals surface area contributed by atoms with Gasteiger partial charge in [-0.05, 0) is 37.5 Å². The fourth-order valence-corrected chi connectivity index (χ4v) is 2.71. The normalized spacial score (nSPS) is 14.5. The molecule has 1 saturated heterocycles. The quantitative estimate of drug-likeness (QED) is 0.654. The van der Waals surface area contributed by atoms with Crippen LogP contribution in [0.3, 0.4) is 0 Å². The Morgan fingerprint density at radius 3 is 2.67 bits per heavy atom. The second kappa shape index (κ2) is 6.65. The zero-order valence-electron chi connectivity index (χ0n) is 12.9. The summed E-state index contributed by atoms with van der Waals surface area (Å²) in [6, 6.07) is 5.78. The Labute approximate surface area is 137 Å². The van der Waals surface area contributed by atoms with Gasteiger partial charge < -0.3 is 16.0 Å². The molecule has 24 heavy (non-hydrogen) atoms. The van der Waals surface area contributed by atoms with Crippen LogP contribution in [-0.2, 0) is 0 Å². The predicted molar refractivity (Wildman–Crippen MR) is 88.8 cm³/mol. The number of nitrogen functional groups attached to an aromatic ring is 1. The molecule has 0 radical (unpaired) electrons. The number of benzene rings is 1. The molecule has 0 bridgehead atoms. The Balaban J connectivity index is 1.98. The molecule has 1 aromatic carbocycles. The molecule has 0 saturated carbocycles. The Bertz CT molecular complexity index is 764. The third-order valence-electron chi connectivity index (χ3n) is 3.81. The van der Waals surface area contributed by atoms with Gasteiger partial charge in [-0.1, -0.05) is 6.07 Å². The highest BCUT2D eigenvalue weighted by atomic mass is 19.1. The van der Waals surface area contributed by atoms with Crippen molar-refractivity contribution in [2.45, 2.75) is 19.3 Å². The van der Waals surface area contributed by atoms with Crippen molar-refractivity contribution in [2.24, 2.45) is 0 Å². The van der Waals surface area contributed by atoms with E-state index in [0.717, 1.165) is 19.3 Å². The van der Waals surface area contributed by atoms with Gasteiger partial charge in [0.15, 0.2) is 0 Å². The summed E-state index contributed by atoms with van der Waals surface area (Å²) < 4.78 is 13.3. The monoisotopic (exact) mass is 332 g/mol. The van der Waals surface area contributed by atoms with Gasteiger partial charge in [0.1, 0.15) is 5.82 Å². The Morgan fingerprint density at radius 2 is 2.00 bits per heavy atom. The van der Waals surface area contributed by atoms with E-state index in [1.165, 1.54) is 18.2 Å². The second-order valence-corrected chi connectivity index (χ2v) is 5.54. The summed E-state index contributed by atoms with van der Waals surface area (Å²) in [5.41, 5.74) is 5.93. The van der Waals surface area contributed by atoms with Crippen molar-refractivity contribution in [3.63, 3.8) is 0 Å². The molecule has 126 valence electrons. The topological polar surface area (TPSA) is 110 Å². The van der Waals surface area contributed by atoms with Crippen molar-refractivity contribution in [2.75, 3.05) is 29.0 Å². The van der Waals surface area contributed by atoms with Crippen molar-refractivity contribution >= 4 is 29.0 Å². The number of halogens is 1. The molecule has 9 heteroatoms. The van der Waals surface area contributed by atoms with E-state index in [-0.39, 0.29) is 23.3 Å². The van der Waals surface area contributed by atoms with Gasteiger partial charge in [0.05, 0.1) is 4.92 Å². The minimum atomic E-state index is -0.564. The summed E-state index contributed by atoms with van der Waals surface area (Å²) in [5.74, 6) is -0.323. The van der Waals surface area contributed by atoms with Crippen LogP contribution in [0.2, 0.25) is 0 Å². The van der Waals surface area contributed by atoms with E-state index in [2.05, 4.69) is 15.3 Å². The molecule has 1 aromatic heterocycles. The lowest BCUT2D eigenvalue weighted by Crippen LogP contribution is -2.31. The van der Waals surface area contributed by atoms with Crippen molar-refractivity contribution in [3.05, 3.63) is 40.2 Å². The van der Waals surface area contributed by atoms with Gasteiger partial charge in [-0.25, -0.2) is 4.39 Å². The van der Waals surface area contributed by atoms with Crippen molar-refractivity contribution in [1.82, 2.24) is 9.97 Å². The zero-order valence-corrected chi connectivity index (χ0v) is 12.9. The van der Waals surface area contributed by atoms with Crippen LogP contribution < -0.4 is 16.0 Å². The average Bonchev–Trinajstić information content (AvgIpc) is 2.54. The number of hydrogen-bond acceptors (Lipinski definition) is 7. The predicted octanol–water partition coefficient (Wildman–Crippen LogP) is 2.84. The first-order chi connectivity index (χ1) is 11.5. The first-order valence-electron chi connectivity index (χ1n) is 7.64. The van der Waals surface area contributed by atoms with Gasteiger partial charge in [0, 0.05) is 18.8 Å². The number of anilines is 4. The van der Waals surface area contributed by atoms with Crippen molar-refractivity contribution in [3.8, 4) is 0 Å². The number of nitro groups is 1. The van der Waals surface area contributed by atoms with E-state index in [1.54, 1.807) is 6.07 Å². The number of nitrogens with one attached hydrogen (secondary N) is 1. The Kier molecular flexibility index (Phi) is 4.41. The molecular formula is C15H17FN6O2. The molecule has 1 fully saturated rings. The number of rotatable bonds is 4. The lowest BCUT2D eigenvalue weighted by atomic mass is 10.1. The maximum absolute atomic E-state index is 13.3. The van der Waals surface area contributed by atoms with Crippen molar-refractivity contribution in [1.29, 1.82) is 0 Å². The summed E-state index contributed by atoms with van der Waals surface area (Å²) in [6.45, 7) is 1.35. The average molecular weight is 332 g/mol. The maximum Gasteiger partial charge on any atom is 0.353 e. The van der Waals surface area contributed by atoms with Crippen LogP contribution in [0.25, 0.3) is 0 Å². The van der Waals surface area contributed by atoms with Crippen LogP contribution in [0.15, 0.2) is 24.3 Å². The SMILES string of the molecule is Nc1nc(Nc2cccc(F)c2)nc(N2CCCCC2)c1[N+](=O)[O-]. The van der Waals surface area contributed by atoms with Crippen molar-refractivity contribution < 1.29 is 9.31 Å². The third-order valence-corrected chi connectivity index (χ3v) is 3.81. The molecule has 1 aliphatic heterocycles. The molecule has 3 N–H and O–H groups in total. The summed E-state index contributed by atoms with van der Waals surface area (Å²) in [4.78, 5) is 20.8. The van der Waals surface area contributed by atoms with E-state index in [4.69, 9.17) is 5.73 Å². The second-order valence-electron chi connectivity index (χ2n) is 5.54. The minimum Gasteiger partial charge on any atom is -0.378 e. The van der Waals surface area contributed by atoms with Crippen LogP contribution in [0.4, 0.5) is 33.3 Å². The van der Waals surface area contributed by atoms with E-state index in [0.29, 0.717) is 18.8 Å². The number of aromatic nitrogens is 2. The molecule has 8 nitrogen and oxygen atoms in total. The van der Waals surface area contributed by atoms with Gasteiger partial charge in [0.2, 0.25) is 17.6 Å². The first kappa shape index (κ1) is 15.9. The van der Waals surface area contributed by atoms with Crippen LogP contribution in [-0.4, -0.2) is 28.0 Å². The lowest BCUT2D eigenvalue weighted by molar-refractivity contribution is -0.383. The Hall–Kier alpha value is -2.97. The molecule has 0 atom stereocenters. The van der Waals surface area contributed by atoms with Gasteiger partial charge in [-0.2, -0.15) is 9.97 Å². The number of hydrogen-bond donors (Lipinski definition) is 2. The standard InChI is InChI=1S/C15H17FN6O2/c16-10-5-4-6-11(9-10)18-15-19-13(17)12(22(23)24)14(20-15)21-7-2-1-3-8-21/h4-6,9H,1-3,7-8H2,(H3,17,18,19,20). The zero-order chi connectivity index (χ0) is 17.1. The van der Waals surface area contributed by atoms with Crippen LogP contribution in [0, 0.1) is 15.9 Å². The van der Waals surface area contributed by atoms with E-state index < -0.39 is 10.7 Å². The number of piperidine rings is 1. The molecule has 1 aliphatic rings. The highest BCUT2D eigenvalue weighted by Crippen LogP contribution is 2.34. The minimum absolute atomic E-state index is 0.101. The highest BCUT2D eigenvalue weighted by Gasteiger charge is 2.28. The molecule has 0 unspecified atom stereocenters. The molecule has 3 rings (SSSR count). The first-order valence-corrected chi connectivity index (χ1v) is 7.64. The summed E-state index contributed by atoms with van der Waals surface area (Å²) >= 11 is 0. The van der Waals surface area contributed by atoms with E-state index >= 15 is 0 Å². The summed E-state index contributed by atoms with van der Waals surface area (Å²) in [6.07, 6.45) is 2.96. The molecule has 2 heterocycles. The van der Waals surface area contributed by atoms with Gasteiger partial charge >= 0.3 is 5.69 Å². The molecule has 0 amide bonds. The molecular weight excluding hydrogens is 315 g/mol. The fourth-order valence-electron chi connectivity index (χ4n) is 2.71. The fraction of sp³-hybridized carbons (Fsp3) is 0.333. The largest absolute Gasteiger partial charge is 0.378 e. The van der Waals surface area contributed by atoms with E-state index in [9.17, 15) is 14.5 Å². The molecule has 0 spiro atoms. The van der Waals surface area contributed by atoms with Gasteiger partial charge in [-0.15, -0.1) is 0 Å². The summed E-state index contributed by atoms with van der Waals surface area (Å²) in [7, 11) is 0. The van der Waals surface area contributed by atoms with Crippen LogP contribution in [0.1, 0.15) is 19.3 Å². The number of nitrogens with zero attached hydrogens (tertiary/aromatic N) is 4. The Morgan fingerprint density at radius 1 is 1.25 bits per heavy atom. The molecule has 0 aliphatic carbocycles. The van der Waals surface area contributed by atoms with Crippen LogP contribution in [0.5, 0.6) is 0 Å². The third kappa shape index (κ3) is 3.34. The summed E-state index contributed by atoms with van der Waals surface area (Å²) in [5, 5.41) is 14.2. The molecule has 2 aromatic rings.